The molecule has 9 nitrogen and oxygen atoms in total. The van der Waals surface area contributed by atoms with Gasteiger partial charge in [0.05, 0.1) is 25.2 Å². The fourth-order valence-electron chi connectivity index (χ4n) is 3.59. The fourth-order valence-corrected chi connectivity index (χ4v) is 3.59. The molecule has 2 aromatic rings. The number of esters is 1. The highest BCUT2D eigenvalue weighted by atomic mass is 16.6. The maximum absolute atomic E-state index is 13.2. The third kappa shape index (κ3) is 4.93. The SMILES string of the molecule is COC(=O)[C@H]1CCCCN1C(=O)c1cc(OC)c(OCc2ccccc2)cc1[N+](=O)[O-]. The number of nitro benzene ring substituents is 1. The summed E-state index contributed by atoms with van der Waals surface area (Å²) in [6.45, 7) is 0.489. The molecule has 3 rings (SSSR count). The van der Waals surface area contributed by atoms with Crippen LogP contribution in [0.1, 0.15) is 35.2 Å². The molecule has 2 aromatic carbocycles. The molecule has 1 saturated heterocycles. The maximum Gasteiger partial charge on any atom is 0.328 e. The van der Waals surface area contributed by atoms with Crippen LogP contribution in [0.15, 0.2) is 42.5 Å². The van der Waals surface area contributed by atoms with E-state index in [4.69, 9.17) is 14.2 Å². The molecule has 31 heavy (non-hydrogen) atoms. The first-order valence-corrected chi connectivity index (χ1v) is 9.88. The quantitative estimate of drug-likeness (QED) is 0.378. The average molecular weight is 428 g/mol. The number of hydrogen-bond acceptors (Lipinski definition) is 7. The highest BCUT2D eigenvalue weighted by Crippen LogP contribution is 2.36. The second kappa shape index (κ2) is 9.92. The van der Waals surface area contributed by atoms with Crippen LogP contribution in [0.3, 0.4) is 0 Å². The highest BCUT2D eigenvalue weighted by molar-refractivity contribution is 6.01. The first-order chi connectivity index (χ1) is 15.0. The predicted molar refractivity (Wildman–Crippen MR) is 111 cm³/mol. The summed E-state index contributed by atoms with van der Waals surface area (Å²) in [5, 5.41) is 11.8. The van der Waals surface area contributed by atoms with Crippen molar-refractivity contribution in [2.75, 3.05) is 20.8 Å². The number of nitro groups is 1. The Morgan fingerprint density at radius 3 is 2.52 bits per heavy atom. The molecule has 0 aliphatic carbocycles. The average Bonchev–Trinajstić information content (AvgIpc) is 2.81. The van der Waals surface area contributed by atoms with Crippen LogP contribution in [-0.4, -0.2) is 48.5 Å². The lowest BCUT2D eigenvalue weighted by Gasteiger charge is -2.33. The molecule has 164 valence electrons. The summed E-state index contributed by atoms with van der Waals surface area (Å²) in [5.41, 5.74) is 0.300. The molecule has 1 fully saturated rings. The topological polar surface area (TPSA) is 108 Å². The lowest BCUT2D eigenvalue weighted by molar-refractivity contribution is -0.385. The first kappa shape index (κ1) is 22.1. The zero-order valence-corrected chi connectivity index (χ0v) is 17.4. The number of benzene rings is 2. The molecule has 0 saturated carbocycles. The van der Waals surface area contributed by atoms with Crippen molar-refractivity contribution in [2.45, 2.75) is 31.9 Å². The molecule has 1 amide bonds. The Kier molecular flexibility index (Phi) is 7.07. The molecule has 1 aliphatic heterocycles. The van der Waals surface area contributed by atoms with Gasteiger partial charge in [0.1, 0.15) is 18.2 Å². The Labute approximate surface area is 179 Å². The monoisotopic (exact) mass is 428 g/mol. The van der Waals surface area contributed by atoms with Gasteiger partial charge in [-0.25, -0.2) is 4.79 Å². The fraction of sp³-hybridized carbons (Fsp3) is 0.364. The summed E-state index contributed by atoms with van der Waals surface area (Å²) >= 11 is 0. The molecular formula is C22H24N2O7. The first-order valence-electron chi connectivity index (χ1n) is 9.88. The number of rotatable bonds is 7. The van der Waals surface area contributed by atoms with Gasteiger partial charge in [0, 0.05) is 12.6 Å². The van der Waals surface area contributed by atoms with Crippen molar-refractivity contribution in [3.05, 3.63) is 63.7 Å². The van der Waals surface area contributed by atoms with Crippen LogP contribution < -0.4 is 9.47 Å². The van der Waals surface area contributed by atoms with E-state index in [9.17, 15) is 19.7 Å². The molecule has 0 unspecified atom stereocenters. The third-order valence-electron chi connectivity index (χ3n) is 5.18. The van der Waals surface area contributed by atoms with Crippen LogP contribution in [-0.2, 0) is 16.1 Å². The van der Waals surface area contributed by atoms with Gasteiger partial charge in [-0.1, -0.05) is 30.3 Å². The Morgan fingerprint density at radius 2 is 1.87 bits per heavy atom. The number of hydrogen-bond donors (Lipinski definition) is 0. The molecular weight excluding hydrogens is 404 g/mol. The Balaban J connectivity index is 1.94. The van der Waals surface area contributed by atoms with Gasteiger partial charge in [-0.15, -0.1) is 0 Å². The molecule has 1 aliphatic rings. The van der Waals surface area contributed by atoms with E-state index < -0.39 is 28.5 Å². The zero-order valence-electron chi connectivity index (χ0n) is 17.4. The van der Waals surface area contributed by atoms with E-state index in [0.717, 1.165) is 12.0 Å². The lowest BCUT2D eigenvalue weighted by Crippen LogP contribution is -2.48. The van der Waals surface area contributed by atoms with Crippen LogP contribution in [0.25, 0.3) is 0 Å². The second-order valence-electron chi connectivity index (χ2n) is 7.08. The van der Waals surface area contributed by atoms with Crippen molar-refractivity contribution < 1.29 is 28.7 Å². The van der Waals surface area contributed by atoms with E-state index in [-0.39, 0.29) is 23.7 Å². The minimum atomic E-state index is -0.772. The standard InChI is InChI=1S/C22H24N2O7/c1-29-19-12-16(21(25)23-11-7-6-10-17(23)22(26)30-2)18(24(27)28)13-20(19)31-14-15-8-4-3-5-9-15/h3-5,8-9,12-13,17H,6-7,10-11,14H2,1-2H3/t17-/m1/s1. The van der Waals surface area contributed by atoms with Crippen molar-refractivity contribution in [1.82, 2.24) is 4.90 Å². The van der Waals surface area contributed by atoms with Gasteiger partial charge in [0.15, 0.2) is 11.5 Å². The number of carbonyl (C=O) groups is 2. The van der Waals surface area contributed by atoms with Gasteiger partial charge < -0.3 is 19.1 Å². The van der Waals surface area contributed by atoms with Crippen LogP contribution in [0.2, 0.25) is 0 Å². The van der Waals surface area contributed by atoms with Gasteiger partial charge >= 0.3 is 5.97 Å². The smallest absolute Gasteiger partial charge is 0.328 e. The van der Waals surface area contributed by atoms with E-state index in [1.54, 1.807) is 0 Å². The summed E-state index contributed by atoms with van der Waals surface area (Å²) in [5.74, 6) is -0.811. The van der Waals surface area contributed by atoms with Gasteiger partial charge in [0.25, 0.3) is 11.6 Å². The summed E-state index contributed by atoms with van der Waals surface area (Å²) in [4.78, 5) is 37.8. The summed E-state index contributed by atoms with van der Waals surface area (Å²) in [6, 6.07) is 11.0. The van der Waals surface area contributed by atoms with E-state index in [1.165, 1.54) is 31.3 Å². The minimum absolute atomic E-state index is 0.151. The van der Waals surface area contributed by atoms with Crippen molar-refractivity contribution >= 4 is 17.6 Å². The van der Waals surface area contributed by atoms with E-state index >= 15 is 0 Å². The van der Waals surface area contributed by atoms with Gasteiger partial charge in [-0.3, -0.25) is 14.9 Å². The Morgan fingerprint density at radius 1 is 1.13 bits per heavy atom. The van der Waals surface area contributed by atoms with Gasteiger partial charge in [0.2, 0.25) is 0 Å². The van der Waals surface area contributed by atoms with Crippen LogP contribution in [0, 0.1) is 10.1 Å². The van der Waals surface area contributed by atoms with Gasteiger partial charge in [-0.2, -0.15) is 0 Å². The van der Waals surface area contributed by atoms with Crippen molar-refractivity contribution in [2.24, 2.45) is 0 Å². The number of nitrogens with zero attached hydrogens (tertiary/aromatic N) is 2. The molecule has 0 radical (unpaired) electrons. The van der Waals surface area contributed by atoms with Crippen LogP contribution >= 0.6 is 0 Å². The number of ether oxygens (including phenoxy) is 3. The van der Waals surface area contributed by atoms with Crippen molar-refractivity contribution in [3.8, 4) is 11.5 Å². The molecule has 0 spiro atoms. The summed E-state index contributed by atoms with van der Waals surface area (Å²) in [6.07, 6.45) is 1.91. The molecule has 0 bridgehead atoms. The number of piperidine rings is 1. The lowest BCUT2D eigenvalue weighted by atomic mass is 10.00. The number of carbonyl (C=O) groups excluding carboxylic acids is 2. The third-order valence-corrected chi connectivity index (χ3v) is 5.18. The molecule has 1 heterocycles. The summed E-state index contributed by atoms with van der Waals surface area (Å²) in [7, 11) is 2.65. The maximum atomic E-state index is 13.2. The van der Waals surface area contributed by atoms with Crippen LogP contribution in [0.5, 0.6) is 11.5 Å². The number of likely N-dealkylation sites (tertiary alicyclic amines) is 1. The van der Waals surface area contributed by atoms with Crippen molar-refractivity contribution in [1.29, 1.82) is 0 Å². The largest absolute Gasteiger partial charge is 0.493 e. The van der Waals surface area contributed by atoms with Crippen LogP contribution in [0.4, 0.5) is 5.69 Å². The van der Waals surface area contributed by atoms with Crippen molar-refractivity contribution in [3.63, 3.8) is 0 Å². The van der Waals surface area contributed by atoms with E-state index in [0.29, 0.717) is 19.4 Å². The Hall–Kier alpha value is -3.62. The molecule has 9 heteroatoms. The van der Waals surface area contributed by atoms with Gasteiger partial charge in [-0.05, 0) is 24.8 Å². The number of amides is 1. The minimum Gasteiger partial charge on any atom is -0.493 e. The number of methoxy groups -OCH3 is 2. The Bertz CT molecular complexity index is 962. The second-order valence-corrected chi connectivity index (χ2v) is 7.08. The zero-order chi connectivity index (χ0) is 22.4. The normalized spacial score (nSPS) is 15.8. The predicted octanol–water partition coefficient (Wildman–Crippen LogP) is 3.35. The molecule has 0 aromatic heterocycles. The molecule has 1 atom stereocenters. The molecule has 0 N–H and O–H groups in total. The van der Waals surface area contributed by atoms with E-state index in [1.807, 2.05) is 30.3 Å². The highest BCUT2D eigenvalue weighted by Gasteiger charge is 2.36. The summed E-state index contributed by atoms with van der Waals surface area (Å²) < 4.78 is 15.9. The van der Waals surface area contributed by atoms with E-state index in [2.05, 4.69) is 0 Å².